The van der Waals surface area contributed by atoms with Gasteiger partial charge in [-0.3, -0.25) is 28.8 Å². The van der Waals surface area contributed by atoms with Gasteiger partial charge in [0.25, 0.3) is 0 Å². The van der Waals surface area contributed by atoms with Crippen molar-refractivity contribution in [2.24, 2.45) is 0 Å². The molecule has 0 radical (unpaired) electrons. The van der Waals surface area contributed by atoms with E-state index in [2.05, 4.69) is 9.47 Å². The van der Waals surface area contributed by atoms with Crippen molar-refractivity contribution >= 4 is 35.8 Å². The second-order valence-electron chi connectivity index (χ2n) is 8.22. The van der Waals surface area contributed by atoms with Gasteiger partial charge in [0.1, 0.15) is 0 Å². The van der Waals surface area contributed by atoms with Gasteiger partial charge < -0.3 is 19.7 Å². The molecule has 0 aromatic rings. The third-order valence-corrected chi connectivity index (χ3v) is 5.01. The van der Waals surface area contributed by atoms with Gasteiger partial charge in [-0.25, -0.2) is 0 Å². The molecule has 0 aliphatic carbocycles. The Hall–Kier alpha value is -2.78. The van der Waals surface area contributed by atoms with Crippen molar-refractivity contribution in [2.75, 3.05) is 0 Å². The van der Waals surface area contributed by atoms with Crippen LogP contribution >= 0.6 is 0 Å². The van der Waals surface area contributed by atoms with Gasteiger partial charge in [0.05, 0.1) is 0 Å². The number of rotatable bonds is 21. The fourth-order valence-electron chi connectivity index (χ4n) is 3.18. The number of carbonyl (C=O) groups is 6. The van der Waals surface area contributed by atoms with Gasteiger partial charge >= 0.3 is 35.8 Å². The second kappa shape index (κ2) is 20.8. The third kappa shape index (κ3) is 22.4. The molecule has 10 nitrogen and oxygen atoms in total. The van der Waals surface area contributed by atoms with Gasteiger partial charge in [-0.15, -0.1) is 0 Å². The molecule has 0 aromatic carbocycles. The predicted molar refractivity (Wildman–Crippen MR) is 121 cm³/mol. The van der Waals surface area contributed by atoms with Crippen LogP contribution < -0.4 is 0 Å². The molecular formula is C24H38O10. The van der Waals surface area contributed by atoms with Gasteiger partial charge in [0.2, 0.25) is 0 Å². The van der Waals surface area contributed by atoms with Crippen molar-refractivity contribution in [1.82, 2.24) is 0 Å². The first-order valence-corrected chi connectivity index (χ1v) is 12.1. The summed E-state index contributed by atoms with van der Waals surface area (Å²) in [6.45, 7) is 0. The number of hydrogen-bond acceptors (Lipinski definition) is 8. The van der Waals surface area contributed by atoms with Crippen LogP contribution in [0.15, 0.2) is 0 Å². The Morgan fingerprint density at radius 3 is 0.853 bits per heavy atom. The fourth-order valence-corrected chi connectivity index (χ4v) is 3.18. The van der Waals surface area contributed by atoms with Crippen LogP contribution in [0.2, 0.25) is 0 Å². The highest BCUT2D eigenvalue weighted by atomic mass is 16.6. The van der Waals surface area contributed by atoms with Crippen LogP contribution in [0.5, 0.6) is 0 Å². The fraction of sp³-hybridized carbons (Fsp3) is 0.750. The molecule has 0 saturated carbocycles. The summed E-state index contributed by atoms with van der Waals surface area (Å²) in [7, 11) is 0. The maximum Gasteiger partial charge on any atom is 0.313 e. The summed E-state index contributed by atoms with van der Waals surface area (Å²) in [6, 6.07) is 0. The van der Waals surface area contributed by atoms with Crippen LogP contribution in [0.1, 0.15) is 116 Å². The first-order chi connectivity index (χ1) is 16.2. The van der Waals surface area contributed by atoms with Crippen LogP contribution in [0.3, 0.4) is 0 Å². The molecule has 0 rings (SSSR count). The van der Waals surface area contributed by atoms with Crippen LogP contribution in [0.4, 0.5) is 0 Å². The molecule has 10 heteroatoms. The van der Waals surface area contributed by atoms with E-state index < -0.39 is 35.8 Å². The van der Waals surface area contributed by atoms with Crippen molar-refractivity contribution in [3.8, 4) is 0 Å². The summed E-state index contributed by atoms with van der Waals surface area (Å²) in [5.74, 6) is -4.45. The molecule has 0 fully saturated rings. The molecule has 34 heavy (non-hydrogen) atoms. The number of carboxylic acids is 2. The number of ether oxygens (including phenoxy) is 2. The third-order valence-electron chi connectivity index (χ3n) is 5.01. The van der Waals surface area contributed by atoms with Crippen LogP contribution in [-0.4, -0.2) is 46.0 Å². The summed E-state index contributed by atoms with van der Waals surface area (Å²) in [4.78, 5) is 66.6. The molecule has 0 aromatic heterocycles. The summed E-state index contributed by atoms with van der Waals surface area (Å²) >= 11 is 0. The van der Waals surface area contributed by atoms with E-state index in [1.807, 2.05) is 0 Å². The predicted octanol–water partition coefficient (Wildman–Crippen LogP) is 4.32. The molecule has 0 heterocycles. The molecule has 0 spiro atoms. The number of carbonyl (C=O) groups excluding carboxylic acids is 4. The Balaban J connectivity index is 3.44. The molecule has 2 N–H and O–H groups in total. The highest BCUT2D eigenvalue weighted by Crippen LogP contribution is 2.13. The molecule has 194 valence electrons. The smallest absolute Gasteiger partial charge is 0.313 e. The van der Waals surface area contributed by atoms with E-state index in [-0.39, 0.29) is 51.4 Å². The maximum absolute atomic E-state index is 11.5. The zero-order chi connectivity index (χ0) is 25.6. The Kier molecular flexibility index (Phi) is 19.1. The van der Waals surface area contributed by atoms with Crippen molar-refractivity contribution < 1.29 is 48.5 Å². The molecule has 0 aliphatic rings. The lowest BCUT2D eigenvalue weighted by molar-refractivity contribution is -0.161. The summed E-state index contributed by atoms with van der Waals surface area (Å²) in [5.41, 5.74) is 0. The number of esters is 4. The van der Waals surface area contributed by atoms with Gasteiger partial charge in [0.15, 0.2) is 0 Å². The minimum Gasteiger partial charge on any atom is -0.481 e. The minimum absolute atomic E-state index is 0.0714. The largest absolute Gasteiger partial charge is 0.481 e. The highest BCUT2D eigenvalue weighted by Gasteiger charge is 2.12. The van der Waals surface area contributed by atoms with Crippen molar-refractivity contribution in [3.63, 3.8) is 0 Å². The molecule has 0 atom stereocenters. The maximum atomic E-state index is 11.5. The molecular weight excluding hydrogens is 448 g/mol. The summed E-state index contributed by atoms with van der Waals surface area (Å²) < 4.78 is 9.29. The normalized spacial score (nSPS) is 10.5. The Morgan fingerprint density at radius 2 is 0.588 bits per heavy atom. The molecule has 0 unspecified atom stereocenters. The monoisotopic (exact) mass is 486 g/mol. The molecule has 0 amide bonds. The lowest BCUT2D eigenvalue weighted by Gasteiger charge is -2.04. The van der Waals surface area contributed by atoms with Crippen LogP contribution in [0, 0.1) is 0 Å². The summed E-state index contributed by atoms with van der Waals surface area (Å²) in [5, 5.41) is 17.0. The zero-order valence-electron chi connectivity index (χ0n) is 19.9. The quantitative estimate of drug-likeness (QED) is 0.136. The van der Waals surface area contributed by atoms with Crippen molar-refractivity contribution in [2.45, 2.75) is 116 Å². The lowest BCUT2D eigenvalue weighted by atomic mass is 10.1. The minimum atomic E-state index is -0.987. The highest BCUT2D eigenvalue weighted by molar-refractivity contribution is 5.86. The Labute approximate surface area is 200 Å². The van der Waals surface area contributed by atoms with Crippen LogP contribution in [-0.2, 0) is 38.2 Å². The Bertz CT molecular complexity index is 600. The topological polar surface area (TPSA) is 161 Å². The van der Waals surface area contributed by atoms with Gasteiger partial charge in [-0.05, 0) is 25.7 Å². The number of aliphatic carboxylic acids is 2. The Morgan fingerprint density at radius 1 is 0.353 bits per heavy atom. The van der Waals surface area contributed by atoms with E-state index >= 15 is 0 Å². The first kappa shape index (κ1) is 31.2. The number of hydrogen-bond donors (Lipinski definition) is 2. The van der Waals surface area contributed by atoms with Crippen LogP contribution in [0.25, 0.3) is 0 Å². The van der Waals surface area contributed by atoms with Gasteiger partial charge in [-0.1, -0.05) is 51.4 Å². The first-order valence-electron chi connectivity index (χ1n) is 12.1. The van der Waals surface area contributed by atoms with E-state index in [9.17, 15) is 28.8 Å². The average molecular weight is 487 g/mol. The van der Waals surface area contributed by atoms with E-state index in [1.54, 1.807) is 0 Å². The summed E-state index contributed by atoms with van der Waals surface area (Å²) in [6.07, 6.45) is 9.60. The van der Waals surface area contributed by atoms with Crippen molar-refractivity contribution in [1.29, 1.82) is 0 Å². The van der Waals surface area contributed by atoms with E-state index in [0.29, 0.717) is 12.8 Å². The lowest BCUT2D eigenvalue weighted by Crippen LogP contribution is -2.12. The van der Waals surface area contributed by atoms with E-state index in [0.717, 1.165) is 51.4 Å². The van der Waals surface area contributed by atoms with Gasteiger partial charge in [0, 0.05) is 38.5 Å². The van der Waals surface area contributed by atoms with E-state index in [1.165, 1.54) is 0 Å². The number of carboxylic acid groups (broad SMARTS) is 2. The zero-order valence-corrected chi connectivity index (χ0v) is 19.9. The average Bonchev–Trinajstić information content (AvgIpc) is 2.73. The molecule has 0 aliphatic heterocycles. The van der Waals surface area contributed by atoms with E-state index in [4.69, 9.17) is 10.2 Å². The molecule has 0 saturated heterocycles. The second-order valence-corrected chi connectivity index (χ2v) is 8.22. The molecule has 0 bridgehead atoms. The number of unbranched alkanes of at least 4 members (excludes halogenated alkanes) is 9. The SMILES string of the molecule is O=C(O)CCCC(=O)OC(=O)CCCCCCCCCCCCC(=O)OC(=O)CCCC(=O)O. The van der Waals surface area contributed by atoms with Crippen molar-refractivity contribution in [3.05, 3.63) is 0 Å². The van der Waals surface area contributed by atoms with Gasteiger partial charge in [-0.2, -0.15) is 0 Å². The standard InChI is InChI=1S/C24H38O10/c25-19(26)13-11-17-23(31)33-21(29)15-9-7-5-3-1-2-4-6-8-10-16-22(30)34-24(32)18-12-14-20(27)28/h1-18H2,(H,25,26)(H,27,28).